The minimum absolute atomic E-state index is 0.717. The van der Waals surface area contributed by atoms with Gasteiger partial charge in [-0.1, -0.05) is 49.6 Å². The Morgan fingerprint density at radius 3 is 2.48 bits per heavy atom. The van der Waals surface area contributed by atoms with E-state index in [1.165, 1.54) is 48.8 Å². The topological polar surface area (TPSA) is 17.1 Å². The van der Waals surface area contributed by atoms with Gasteiger partial charge in [0, 0.05) is 9.79 Å². The molecule has 1 heterocycles. The lowest BCUT2D eigenvalue weighted by molar-refractivity contribution is 0.443. The number of benzene rings is 2. The van der Waals surface area contributed by atoms with Crippen LogP contribution in [0.25, 0.3) is 0 Å². The molecule has 2 aromatic rings. The molecular formula is C19H20OS. The second-order valence-corrected chi connectivity index (χ2v) is 7.67. The quantitative estimate of drug-likeness (QED) is 0.630. The van der Waals surface area contributed by atoms with Crippen LogP contribution in [0.2, 0.25) is 0 Å². The van der Waals surface area contributed by atoms with Gasteiger partial charge >= 0.3 is 0 Å². The Balaban J connectivity index is 1.72. The van der Waals surface area contributed by atoms with Gasteiger partial charge in [-0.15, -0.1) is 0 Å². The second-order valence-electron chi connectivity index (χ2n) is 6.26. The maximum Gasteiger partial charge on any atom is 0.0855 e. The Morgan fingerprint density at radius 2 is 1.62 bits per heavy atom. The summed E-state index contributed by atoms with van der Waals surface area (Å²) in [4.78, 5) is 2.02. The summed E-state index contributed by atoms with van der Waals surface area (Å²) in [5, 5.41) is 0. The van der Waals surface area contributed by atoms with Crippen molar-refractivity contribution in [2.45, 2.75) is 54.2 Å². The second kappa shape index (κ2) is 5.42. The summed E-state index contributed by atoms with van der Waals surface area (Å²) in [5.74, 6) is 0.717. The lowest BCUT2D eigenvalue weighted by Crippen LogP contribution is -2.11. The van der Waals surface area contributed by atoms with Crippen LogP contribution in [0, 0.1) is 0 Å². The van der Waals surface area contributed by atoms with Crippen LogP contribution >= 0.6 is 0 Å². The smallest absolute Gasteiger partial charge is 0.0855 e. The molecule has 0 radical (unpaired) electrons. The highest BCUT2D eigenvalue weighted by Crippen LogP contribution is 2.37. The zero-order chi connectivity index (χ0) is 14.2. The Labute approximate surface area is 128 Å². The first kappa shape index (κ1) is 13.3. The standard InChI is InChI=1S/C19H20OS/c20-21-18-9-5-4-8-16(18)13-17-12-15(10-11-19(17)21)14-6-2-1-3-7-14/h4-5,8-12,14H,1-3,6-7,13H2. The van der Waals surface area contributed by atoms with E-state index in [4.69, 9.17) is 0 Å². The van der Waals surface area contributed by atoms with Crippen LogP contribution in [0.4, 0.5) is 0 Å². The van der Waals surface area contributed by atoms with E-state index in [0.717, 1.165) is 22.1 Å². The van der Waals surface area contributed by atoms with E-state index < -0.39 is 10.8 Å². The normalized spacial score (nSPS) is 21.6. The first-order chi connectivity index (χ1) is 10.3. The molecule has 0 amide bonds. The molecule has 0 bridgehead atoms. The van der Waals surface area contributed by atoms with E-state index in [2.05, 4.69) is 24.3 Å². The average molecular weight is 296 g/mol. The summed E-state index contributed by atoms with van der Waals surface area (Å²) in [5.41, 5.74) is 3.96. The van der Waals surface area contributed by atoms with Crippen molar-refractivity contribution in [3.63, 3.8) is 0 Å². The van der Waals surface area contributed by atoms with Crippen LogP contribution in [0.3, 0.4) is 0 Å². The van der Waals surface area contributed by atoms with Crippen LogP contribution < -0.4 is 0 Å². The Bertz CT molecular complexity index is 698. The fraction of sp³-hybridized carbons (Fsp3) is 0.368. The van der Waals surface area contributed by atoms with Gasteiger partial charge in [0.2, 0.25) is 0 Å². The number of rotatable bonds is 1. The maximum absolute atomic E-state index is 12.7. The highest BCUT2D eigenvalue weighted by atomic mass is 32.2. The van der Waals surface area contributed by atoms with Gasteiger partial charge in [-0.3, -0.25) is 0 Å². The van der Waals surface area contributed by atoms with E-state index >= 15 is 0 Å². The fourth-order valence-corrected chi connectivity index (χ4v) is 5.14. The minimum Gasteiger partial charge on any atom is -0.249 e. The minimum atomic E-state index is -1.00. The van der Waals surface area contributed by atoms with E-state index in [-0.39, 0.29) is 0 Å². The van der Waals surface area contributed by atoms with Crippen molar-refractivity contribution in [1.82, 2.24) is 0 Å². The van der Waals surface area contributed by atoms with Crippen LogP contribution in [0.5, 0.6) is 0 Å². The summed E-state index contributed by atoms with van der Waals surface area (Å²) in [7, 11) is -1.00. The van der Waals surface area contributed by atoms with Gasteiger partial charge in [0.25, 0.3) is 0 Å². The van der Waals surface area contributed by atoms with Crippen molar-refractivity contribution in [2.75, 3.05) is 0 Å². The maximum atomic E-state index is 12.7. The van der Waals surface area contributed by atoms with Crippen molar-refractivity contribution in [1.29, 1.82) is 0 Å². The monoisotopic (exact) mass is 296 g/mol. The Kier molecular flexibility index (Phi) is 3.42. The Morgan fingerprint density at radius 1 is 0.857 bits per heavy atom. The zero-order valence-electron chi connectivity index (χ0n) is 12.2. The number of fused-ring (bicyclic) bond motifs is 2. The zero-order valence-corrected chi connectivity index (χ0v) is 13.0. The highest BCUT2D eigenvalue weighted by molar-refractivity contribution is 7.85. The number of hydrogen-bond acceptors (Lipinski definition) is 1. The SMILES string of the molecule is O=S1c2ccccc2Cc2cc(C3CCCCC3)ccc21. The molecule has 1 saturated carbocycles. The third-order valence-corrected chi connectivity index (χ3v) is 6.51. The van der Waals surface area contributed by atoms with Crippen molar-refractivity contribution in [2.24, 2.45) is 0 Å². The van der Waals surface area contributed by atoms with Crippen LogP contribution in [-0.4, -0.2) is 4.21 Å². The summed E-state index contributed by atoms with van der Waals surface area (Å²) in [6, 6.07) is 14.8. The lowest BCUT2D eigenvalue weighted by atomic mass is 9.83. The van der Waals surface area contributed by atoms with Crippen molar-refractivity contribution >= 4 is 10.8 Å². The van der Waals surface area contributed by atoms with Crippen molar-refractivity contribution in [3.05, 3.63) is 59.2 Å². The lowest BCUT2D eigenvalue weighted by Gasteiger charge is -2.25. The van der Waals surface area contributed by atoms with Crippen LogP contribution in [0.15, 0.2) is 52.3 Å². The van der Waals surface area contributed by atoms with Crippen molar-refractivity contribution < 1.29 is 4.21 Å². The first-order valence-electron chi connectivity index (χ1n) is 7.95. The average Bonchev–Trinajstić information content (AvgIpc) is 2.55. The third kappa shape index (κ3) is 2.36. The summed E-state index contributed by atoms with van der Waals surface area (Å²) in [6.45, 7) is 0. The molecule has 0 aromatic heterocycles. The molecule has 1 atom stereocenters. The van der Waals surface area contributed by atoms with Gasteiger partial charge < -0.3 is 0 Å². The molecule has 2 aromatic carbocycles. The molecule has 1 nitrogen and oxygen atoms in total. The van der Waals surface area contributed by atoms with Gasteiger partial charge in [0.1, 0.15) is 0 Å². The molecule has 0 N–H and O–H groups in total. The molecular weight excluding hydrogens is 276 g/mol. The highest BCUT2D eigenvalue weighted by Gasteiger charge is 2.23. The number of hydrogen-bond donors (Lipinski definition) is 0. The van der Waals surface area contributed by atoms with E-state index in [0.29, 0.717) is 0 Å². The summed E-state index contributed by atoms with van der Waals surface area (Å²) in [6.07, 6.45) is 7.67. The molecule has 108 valence electrons. The predicted octanol–water partition coefficient (Wildman–Crippen LogP) is 4.81. The predicted molar refractivity (Wildman–Crippen MR) is 86.2 cm³/mol. The summed E-state index contributed by atoms with van der Waals surface area (Å²) >= 11 is 0. The Hall–Kier alpha value is -1.41. The third-order valence-electron chi connectivity index (χ3n) is 4.91. The van der Waals surface area contributed by atoms with E-state index in [9.17, 15) is 4.21 Å². The molecule has 2 heteroatoms. The molecule has 0 saturated heterocycles. The summed E-state index contributed by atoms with van der Waals surface area (Å²) < 4.78 is 12.7. The molecule has 1 unspecified atom stereocenters. The van der Waals surface area contributed by atoms with E-state index in [1.54, 1.807) is 0 Å². The van der Waals surface area contributed by atoms with Gasteiger partial charge in [-0.05, 0) is 54.0 Å². The van der Waals surface area contributed by atoms with Gasteiger partial charge in [-0.2, -0.15) is 0 Å². The molecule has 1 aliphatic carbocycles. The van der Waals surface area contributed by atoms with Gasteiger partial charge in [0.05, 0.1) is 10.8 Å². The molecule has 2 aliphatic rings. The van der Waals surface area contributed by atoms with Gasteiger partial charge in [-0.25, -0.2) is 4.21 Å². The fourth-order valence-electron chi connectivity index (χ4n) is 3.76. The molecule has 4 rings (SSSR count). The largest absolute Gasteiger partial charge is 0.249 e. The van der Waals surface area contributed by atoms with Gasteiger partial charge in [0.15, 0.2) is 0 Å². The van der Waals surface area contributed by atoms with Crippen molar-refractivity contribution in [3.8, 4) is 0 Å². The van der Waals surface area contributed by atoms with Crippen LogP contribution in [-0.2, 0) is 17.2 Å². The molecule has 0 spiro atoms. The van der Waals surface area contributed by atoms with Crippen LogP contribution in [0.1, 0.15) is 54.7 Å². The molecule has 1 fully saturated rings. The first-order valence-corrected chi connectivity index (χ1v) is 9.10. The molecule has 1 aliphatic heterocycles. The molecule has 21 heavy (non-hydrogen) atoms. The van der Waals surface area contributed by atoms with E-state index in [1.807, 2.05) is 18.2 Å².